The molecule has 3 rings (SSSR count). The molecule has 0 saturated heterocycles. The lowest BCUT2D eigenvalue weighted by Gasteiger charge is -2.18. The first-order valence-corrected chi connectivity index (χ1v) is 7.83. The number of aryl methyl sites for hydroxylation is 1. The van der Waals surface area contributed by atoms with Crippen LogP contribution in [0.15, 0.2) is 30.3 Å². The standard InChI is InChI=1S/C18H19N3O3/c1-3-24-18(23)15-11(2)20-17-13(16(15)19)9-14(22)21(17)10-12-7-5-4-6-8-12/h4-8H,3,9-10H2,1-2H3,(H2,19,20). The molecule has 0 unspecified atom stereocenters. The smallest absolute Gasteiger partial charge is 0.342 e. The Labute approximate surface area is 140 Å². The fourth-order valence-electron chi connectivity index (χ4n) is 2.90. The highest BCUT2D eigenvalue weighted by molar-refractivity contribution is 6.05. The molecule has 0 bridgehead atoms. The summed E-state index contributed by atoms with van der Waals surface area (Å²) in [5, 5.41) is 0. The van der Waals surface area contributed by atoms with Crippen molar-refractivity contribution in [1.82, 2.24) is 4.98 Å². The number of hydrogen-bond donors (Lipinski definition) is 1. The van der Waals surface area contributed by atoms with Crippen molar-refractivity contribution in [3.63, 3.8) is 0 Å². The molecule has 0 radical (unpaired) electrons. The Morgan fingerprint density at radius 2 is 2.04 bits per heavy atom. The Hall–Kier alpha value is -2.89. The minimum atomic E-state index is -0.503. The van der Waals surface area contributed by atoms with E-state index in [1.54, 1.807) is 18.7 Å². The molecular formula is C18H19N3O3. The van der Waals surface area contributed by atoms with Gasteiger partial charge in [-0.1, -0.05) is 30.3 Å². The van der Waals surface area contributed by atoms with E-state index in [0.29, 0.717) is 29.3 Å². The summed E-state index contributed by atoms with van der Waals surface area (Å²) in [6, 6.07) is 9.68. The van der Waals surface area contributed by atoms with Crippen LogP contribution in [0.3, 0.4) is 0 Å². The van der Waals surface area contributed by atoms with Gasteiger partial charge in [-0.25, -0.2) is 9.78 Å². The zero-order chi connectivity index (χ0) is 17.3. The zero-order valence-corrected chi connectivity index (χ0v) is 13.7. The molecule has 1 aromatic carbocycles. The van der Waals surface area contributed by atoms with Crippen LogP contribution >= 0.6 is 0 Å². The average molecular weight is 325 g/mol. The van der Waals surface area contributed by atoms with E-state index in [1.165, 1.54) is 0 Å². The Morgan fingerprint density at radius 3 is 2.71 bits per heavy atom. The third-order valence-electron chi connectivity index (χ3n) is 4.05. The number of fused-ring (bicyclic) bond motifs is 1. The van der Waals surface area contributed by atoms with Gasteiger partial charge in [0.25, 0.3) is 0 Å². The molecule has 0 aliphatic carbocycles. The maximum absolute atomic E-state index is 12.4. The number of esters is 1. The second-order valence-corrected chi connectivity index (χ2v) is 5.65. The van der Waals surface area contributed by atoms with E-state index in [1.807, 2.05) is 30.3 Å². The van der Waals surface area contributed by atoms with Crippen LogP contribution in [0.1, 0.15) is 34.1 Å². The van der Waals surface area contributed by atoms with Crippen LogP contribution in [-0.4, -0.2) is 23.5 Å². The van der Waals surface area contributed by atoms with Crippen molar-refractivity contribution in [3.05, 3.63) is 52.7 Å². The molecule has 0 atom stereocenters. The molecule has 0 saturated carbocycles. The van der Waals surface area contributed by atoms with Crippen molar-refractivity contribution in [1.29, 1.82) is 0 Å². The van der Waals surface area contributed by atoms with Crippen LogP contribution in [0.4, 0.5) is 11.5 Å². The van der Waals surface area contributed by atoms with Crippen molar-refractivity contribution in [2.45, 2.75) is 26.8 Å². The maximum Gasteiger partial charge on any atom is 0.342 e. The number of pyridine rings is 1. The number of nitrogen functional groups attached to an aromatic ring is 1. The fraction of sp³-hybridized carbons (Fsp3) is 0.278. The molecule has 6 nitrogen and oxygen atoms in total. The van der Waals surface area contributed by atoms with Crippen molar-refractivity contribution in [2.24, 2.45) is 0 Å². The summed E-state index contributed by atoms with van der Waals surface area (Å²) in [4.78, 5) is 30.6. The van der Waals surface area contributed by atoms with Gasteiger partial charge in [0.2, 0.25) is 5.91 Å². The summed E-state index contributed by atoms with van der Waals surface area (Å²) in [5.74, 6) is -0.0443. The molecular weight excluding hydrogens is 306 g/mol. The molecule has 1 aliphatic rings. The molecule has 2 aromatic rings. The van der Waals surface area contributed by atoms with Crippen LogP contribution in [0.2, 0.25) is 0 Å². The van der Waals surface area contributed by atoms with Crippen molar-refractivity contribution in [3.8, 4) is 0 Å². The molecule has 0 spiro atoms. The fourth-order valence-corrected chi connectivity index (χ4v) is 2.90. The topological polar surface area (TPSA) is 85.5 Å². The molecule has 1 amide bonds. The van der Waals surface area contributed by atoms with Crippen LogP contribution in [-0.2, 0) is 22.5 Å². The van der Waals surface area contributed by atoms with Gasteiger partial charge in [-0.2, -0.15) is 0 Å². The molecule has 1 aliphatic heterocycles. The summed E-state index contributed by atoms with van der Waals surface area (Å²) in [6.07, 6.45) is 0.147. The Morgan fingerprint density at radius 1 is 1.33 bits per heavy atom. The predicted octanol–water partition coefficient (Wildman–Crippen LogP) is 2.24. The third-order valence-corrected chi connectivity index (χ3v) is 4.05. The van der Waals surface area contributed by atoms with Gasteiger partial charge in [0.1, 0.15) is 11.4 Å². The van der Waals surface area contributed by atoms with Crippen LogP contribution < -0.4 is 10.6 Å². The molecule has 6 heteroatoms. The lowest BCUT2D eigenvalue weighted by molar-refractivity contribution is -0.117. The van der Waals surface area contributed by atoms with E-state index in [2.05, 4.69) is 4.98 Å². The first-order valence-electron chi connectivity index (χ1n) is 7.83. The van der Waals surface area contributed by atoms with Gasteiger partial charge in [0.05, 0.1) is 31.0 Å². The van der Waals surface area contributed by atoms with Gasteiger partial charge in [-0.3, -0.25) is 9.69 Å². The van der Waals surface area contributed by atoms with Gasteiger partial charge in [-0.15, -0.1) is 0 Å². The second kappa shape index (κ2) is 6.31. The van der Waals surface area contributed by atoms with Crippen molar-refractivity contribution in [2.75, 3.05) is 17.2 Å². The van der Waals surface area contributed by atoms with E-state index in [-0.39, 0.29) is 24.5 Å². The number of benzene rings is 1. The SMILES string of the molecule is CCOC(=O)c1c(C)nc2c(c1N)CC(=O)N2Cc1ccccc1. The third kappa shape index (κ3) is 2.71. The minimum Gasteiger partial charge on any atom is -0.462 e. The summed E-state index contributed by atoms with van der Waals surface area (Å²) in [5.41, 5.74) is 8.79. The van der Waals surface area contributed by atoms with E-state index in [0.717, 1.165) is 5.56 Å². The number of anilines is 2. The number of nitrogens with two attached hydrogens (primary N) is 1. The maximum atomic E-state index is 12.4. The minimum absolute atomic E-state index is 0.0755. The Balaban J connectivity index is 2.01. The highest BCUT2D eigenvalue weighted by Gasteiger charge is 2.33. The van der Waals surface area contributed by atoms with Crippen molar-refractivity contribution < 1.29 is 14.3 Å². The number of carbonyl (C=O) groups is 2. The molecule has 2 heterocycles. The number of ether oxygens (including phenoxy) is 1. The van der Waals surface area contributed by atoms with E-state index < -0.39 is 5.97 Å². The molecule has 124 valence electrons. The van der Waals surface area contributed by atoms with Crippen LogP contribution in [0.5, 0.6) is 0 Å². The first-order chi connectivity index (χ1) is 11.5. The predicted molar refractivity (Wildman–Crippen MR) is 90.7 cm³/mol. The number of aromatic nitrogens is 1. The van der Waals surface area contributed by atoms with Gasteiger partial charge >= 0.3 is 5.97 Å². The van der Waals surface area contributed by atoms with E-state index >= 15 is 0 Å². The quantitative estimate of drug-likeness (QED) is 0.871. The lowest BCUT2D eigenvalue weighted by atomic mass is 10.1. The van der Waals surface area contributed by atoms with Gasteiger partial charge in [-0.05, 0) is 19.4 Å². The number of nitrogens with zero attached hydrogens (tertiary/aromatic N) is 2. The van der Waals surface area contributed by atoms with Crippen LogP contribution in [0, 0.1) is 6.92 Å². The second-order valence-electron chi connectivity index (χ2n) is 5.65. The van der Waals surface area contributed by atoms with Crippen LogP contribution in [0.25, 0.3) is 0 Å². The zero-order valence-electron chi connectivity index (χ0n) is 13.7. The molecule has 1 aromatic heterocycles. The monoisotopic (exact) mass is 325 g/mol. The number of hydrogen-bond acceptors (Lipinski definition) is 5. The summed E-state index contributed by atoms with van der Waals surface area (Å²) in [6.45, 7) is 4.12. The van der Waals surface area contributed by atoms with Gasteiger partial charge < -0.3 is 10.5 Å². The number of rotatable bonds is 4. The highest BCUT2D eigenvalue weighted by atomic mass is 16.5. The summed E-state index contributed by atoms with van der Waals surface area (Å²) >= 11 is 0. The van der Waals surface area contributed by atoms with Gasteiger partial charge in [0, 0.05) is 5.56 Å². The molecule has 2 N–H and O–H groups in total. The van der Waals surface area contributed by atoms with E-state index in [9.17, 15) is 9.59 Å². The lowest BCUT2D eigenvalue weighted by Crippen LogP contribution is -2.26. The summed E-state index contributed by atoms with van der Waals surface area (Å²) in [7, 11) is 0. The number of amides is 1. The average Bonchev–Trinajstić information content (AvgIpc) is 2.85. The Bertz CT molecular complexity index is 803. The number of carbonyl (C=O) groups excluding carboxylic acids is 2. The van der Waals surface area contributed by atoms with Gasteiger partial charge in [0.15, 0.2) is 0 Å². The highest BCUT2D eigenvalue weighted by Crippen LogP contribution is 2.35. The first kappa shape index (κ1) is 16.0. The Kier molecular flexibility index (Phi) is 4.20. The molecule has 24 heavy (non-hydrogen) atoms. The summed E-state index contributed by atoms with van der Waals surface area (Å²) < 4.78 is 5.04. The molecule has 0 fully saturated rings. The van der Waals surface area contributed by atoms with E-state index in [4.69, 9.17) is 10.5 Å². The normalized spacial score (nSPS) is 13.1. The largest absolute Gasteiger partial charge is 0.462 e. The van der Waals surface area contributed by atoms with Crippen molar-refractivity contribution >= 4 is 23.4 Å².